The van der Waals surface area contributed by atoms with Gasteiger partial charge in [-0.1, -0.05) is 6.07 Å². The van der Waals surface area contributed by atoms with Crippen molar-refractivity contribution in [2.75, 3.05) is 7.11 Å². The van der Waals surface area contributed by atoms with Crippen molar-refractivity contribution in [1.82, 2.24) is 4.98 Å². The molecule has 0 bridgehead atoms. The largest absolute Gasteiger partial charge is 0.495 e. The number of halogens is 1. The van der Waals surface area contributed by atoms with Gasteiger partial charge in [0.25, 0.3) is 0 Å². The fraction of sp³-hybridized carbons (Fsp3) is 0.100. The Morgan fingerprint density at radius 2 is 2.15 bits per heavy atom. The number of fused-ring (bicyclic) bond motifs is 1. The van der Waals surface area contributed by atoms with Crippen molar-refractivity contribution in [2.24, 2.45) is 0 Å². The molecule has 0 atom stereocenters. The second kappa shape index (κ2) is 3.34. The minimum Gasteiger partial charge on any atom is -0.495 e. The van der Waals surface area contributed by atoms with Gasteiger partial charge in [0.2, 0.25) is 0 Å². The maximum absolute atomic E-state index is 5.27. The van der Waals surface area contributed by atoms with Crippen molar-refractivity contribution in [1.29, 1.82) is 0 Å². The molecule has 1 heterocycles. The van der Waals surface area contributed by atoms with Crippen LogP contribution in [0, 0.1) is 0 Å². The molecule has 1 aromatic carbocycles. The van der Waals surface area contributed by atoms with Crippen LogP contribution in [0.2, 0.25) is 0 Å². The van der Waals surface area contributed by atoms with Gasteiger partial charge in [0.15, 0.2) is 0 Å². The fourth-order valence-electron chi connectivity index (χ4n) is 1.32. The molecule has 13 heavy (non-hydrogen) atoms. The number of nitrogens with zero attached hydrogens (tertiary/aromatic N) is 1. The van der Waals surface area contributed by atoms with E-state index in [0.717, 1.165) is 21.0 Å². The van der Waals surface area contributed by atoms with Gasteiger partial charge >= 0.3 is 0 Å². The van der Waals surface area contributed by atoms with E-state index in [0.29, 0.717) is 0 Å². The highest BCUT2D eigenvalue weighted by atomic mass is 79.9. The van der Waals surface area contributed by atoms with E-state index in [1.54, 1.807) is 19.5 Å². The smallest absolute Gasteiger partial charge is 0.142 e. The molecule has 0 fully saturated rings. The van der Waals surface area contributed by atoms with Gasteiger partial charge < -0.3 is 4.74 Å². The van der Waals surface area contributed by atoms with E-state index >= 15 is 0 Å². The Morgan fingerprint density at radius 3 is 2.92 bits per heavy atom. The third-order valence-electron chi connectivity index (χ3n) is 1.93. The third-order valence-corrected chi connectivity index (χ3v) is 2.55. The lowest BCUT2D eigenvalue weighted by atomic mass is 10.2. The molecule has 0 N–H and O–H groups in total. The van der Waals surface area contributed by atoms with Crippen LogP contribution in [0.15, 0.2) is 35.1 Å². The lowest BCUT2D eigenvalue weighted by Crippen LogP contribution is -1.86. The Hall–Kier alpha value is -1.09. The fourth-order valence-corrected chi connectivity index (χ4v) is 1.82. The molecule has 0 aliphatic heterocycles. The minimum absolute atomic E-state index is 0.839. The first-order chi connectivity index (χ1) is 6.33. The highest BCUT2D eigenvalue weighted by Crippen LogP contribution is 2.32. The van der Waals surface area contributed by atoms with Gasteiger partial charge in [-0.2, -0.15) is 0 Å². The van der Waals surface area contributed by atoms with E-state index in [9.17, 15) is 0 Å². The van der Waals surface area contributed by atoms with Crippen LogP contribution in [-0.4, -0.2) is 12.1 Å². The molecule has 1 aromatic heterocycles. The van der Waals surface area contributed by atoms with E-state index in [4.69, 9.17) is 4.74 Å². The Balaban J connectivity index is 2.84. The van der Waals surface area contributed by atoms with E-state index in [2.05, 4.69) is 20.9 Å². The Kier molecular flexibility index (Phi) is 2.19. The van der Waals surface area contributed by atoms with Gasteiger partial charge in [-0.3, -0.25) is 4.98 Å². The number of rotatable bonds is 1. The summed E-state index contributed by atoms with van der Waals surface area (Å²) in [6, 6.07) is 5.97. The number of hydrogen-bond donors (Lipinski definition) is 0. The molecule has 0 radical (unpaired) electrons. The van der Waals surface area contributed by atoms with Gasteiger partial charge in [-0.05, 0) is 33.4 Å². The summed E-state index contributed by atoms with van der Waals surface area (Å²) in [4.78, 5) is 4.06. The summed E-state index contributed by atoms with van der Waals surface area (Å²) in [6.07, 6.45) is 3.58. The van der Waals surface area contributed by atoms with Crippen molar-refractivity contribution in [3.63, 3.8) is 0 Å². The zero-order valence-corrected chi connectivity index (χ0v) is 8.71. The molecule has 3 heteroatoms. The Morgan fingerprint density at radius 1 is 1.31 bits per heavy atom. The van der Waals surface area contributed by atoms with Gasteiger partial charge in [0.05, 0.1) is 11.6 Å². The van der Waals surface area contributed by atoms with Crippen LogP contribution in [0.3, 0.4) is 0 Å². The maximum atomic E-state index is 5.27. The quantitative estimate of drug-likeness (QED) is 0.761. The van der Waals surface area contributed by atoms with E-state index in [1.807, 2.05) is 18.2 Å². The molecule has 2 nitrogen and oxygen atoms in total. The zero-order valence-electron chi connectivity index (χ0n) is 7.12. The predicted octanol–water partition coefficient (Wildman–Crippen LogP) is 3.01. The lowest BCUT2D eigenvalue weighted by Gasteiger charge is -2.06. The second-order valence-corrected chi connectivity index (χ2v) is 3.53. The van der Waals surface area contributed by atoms with E-state index < -0.39 is 0 Å². The predicted molar refractivity (Wildman–Crippen MR) is 56.0 cm³/mol. The van der Waals surface area contributed by atoms with Gasteiger partial charge in [0.1, 0.15) is 5.75 Å². The molecule has 0 aliphatic rings. The summed E-state index contributed by atoms with van der Waals surface area (Å²) in [6.45, 7) is 0. The van der Waals surface area contributed by atoms with Crippen molar-refractivity contribution in [3.05, 3.63) is 35.1 Å². The molecule has 0 saturated carbocycles. The van der Waals surface area contributed by atoms with Crippen molar-refractivity contribution in [3.8, 4) is 5.75 Å². The average molecular weight is 238 g/mol. The topological polar surface area (TPSA) is 22.1 Å². The summed E-state index contributed by atoms with van der Waals surface area (Å²) in [5.41, 5.74) is 0. The average Bonchev–Trinajstić information content (AvgIpc) is 2.18. The summed E-state index contributed by atoms with van der Waals surface area (Å²) in [7, 11) is 1.66. The normalized spacial score (nSPS) is 10.3. The van der Waals surface area contributed by atoms with Gasteiger partial charge in [-0.25, -0.2) is 0 Å². The highest BCUT2D eigenvalue weighted by molar-refractivity contribution is 9.10. The second-order valence-electron chi connectivity index (χ2n) is 2.68. The van der Waals surface area contributed by atoms with Crippen LogP contribution in [0.1, 0.15) is 0 Å². The summed E-state index contributed by atoms with van der Waals surface area (Å²) < 4.78 is 6.23. The Labute approximate surface area is 84.7 Å². The van der Waals surface area contributed by atoms with Gasteiger partial charge in [0, 0.05) is 17.8 Å². The molecule has 66 valence electrons. The Bertz CT molecular complexity index is 442. The molecule has 0 unspecified atom stereocenters. The molecule has 0 aliphatic carbocycles. The zero-order chi connectivity index (χ0) is 9.26. The molecule has 2 aromatic rings. The lowest BCUT2D eigenvalue weighted by molar-refractivity contribution is 0.417. The third kappa shape index (κ3) is 1.40. The molecular weight excluding hydrogens is 230 g/mol. The first kappa shape index (κ1) is 8.51. The number of aromatic nitrogens is 1. The van der Waals surface area contributed by atoms with Crippen molar-refractivity contribution in [2.45, 2.75) is 0 Å². The van der Waals surface area contributed by atoms with Crippen molar-refractivity contribution < 1.29 is 4.74 Å². The van der Waals surface area contributed by atoms with Gasteiger partial charge in [-0.15, -0.1) is 0 Å². The van der Waals surface area contributed by atoms with Crippen LogP contribution in [-0.2, 0) is 0 Å². The summed E-state index contributed by atoms with van der Waals surface area (Å²) >= 11 is 3.42. The van der Waals surface area contributed by atoms with Crippen LogP contribution in [0.25, 0.3) is 10.8 Å². The monoisotopic (exact) mass is 237 g/mol. The van der Waals surface area contributed by atoms with Crippen LogP contribution in [0.5, 0.6) is 5.75 Å². The molecule has 2 rings (SSSR count). The summed E-state index contributed by atoms with van der Waals surface area (Å²) in [5, 5.41) is 2.16. The molecular formula is C10H8BrNO. The SMILES string of the molecule is COc1c(Br)ccc2ccncc12. The van der Waals surface area contributed by atoms with Crippen LogP contribution < -0.4 is 4.74 Å². The number of pyridine rings is 1. The first-order valence-corrected chi connectivity index (χ1v) is 4.68. The van der Waals surface area contributed by atoms with Crippen LogP contribution in [0.4, 0.5) is 0 Å². The van der Waals surface area contributed by atoms with Crippen LogP contribution >= 0.6 is 15.9 Å². The molecule has 0 amide bonds. The number of ether oxygens (including phenoxy) is 1. The molecule has 0 saturated heterocycles. The molecule has 0 spiro atoms. The van der Waals surface area contributed by atoms with E-state index in [-0.39, 0.29) is 0 Å². The first-order valence-electron chi connectivity index (χ1n) is 3.89. The maximum Gasteiger partial charge on any atom is 0.142 e. The van der Waals surface area contributed by atoms with E-state index in [1.165, 1.54) is 0 Å². The van der Waals surface area contributed by atoms with Crippen molar-refractivity contribution >= 4 is 26.7 Å². The number of hydrogen-bond acceptors (Lipinski definition) is 2. The minimum atomic E-state index is 0.839. The summed E-state index contributed by atoms with van der Waals surface area (Å²) in [5.74, 6) is 0.839. The highest BCUT2D eigenvalue weighted by Gasteiger charge is 2.04. The number of methoxy groups -OCH3 is 1. The number of benzene rings is 1. The standard InChI is InChI=1S/C10H8BrNO/c1-13-10-8-6-12-5-4-7(8)2-3-9(10)11/h2-6H,1H3.